The third-order valence-electron chi connectivity index (χ3n) is 8.73. The normalized spacial score (nSPS) is 12.8. The minimum Gasteiger partial charge on any atom is -0.456 e. The van der Waals surface area contributed by atoms with Crippen LogP contribution in [0.5, 0.6) is 0 Å². The molecule has 200 valence electrons. The molecule has 5 nitrogen and oxygen atoms in total. The maximum absolute atomic E-state index is 9.89. The second kappa shape index (κ2) is 8.73. The van der Waals surface area contributed by atoms with E-state index in [0.29, 0.717) is 11.1 Å². The zero-order chi connectivity index (χ0) is 28.7. The lowest BCUT2D eigenvalue weighted by Gasteiger charge is -2.17. The van der Waals surface area contributed by atoms with Crippen molar-refractivity contribution in [2.24, 2.45) is 0 Å². The number of allylic oxidation sites excluding steroid dienone is 1. The Morgan fingerprint density at radius 3 is 2.12 bits per heavy atom. The van der Waals surface area contributed by atoms with Crippen LogP contribution in [0.1, 0.15) is 28.8 Å². The average Bonchev–Trinajstić information content (AvgIpc) is 3.72. The predicted octanol–water partition coefficient (Wildman–Crippen LogP) is 9.80. The van der Waals surface area contributed by atoms with Crippen LogP contribution in [0.4, 0.5) is 0 Å². The summed E-state index contributed by atoms with van der Waals surface area (Å²) in [6, 6.07) is 34.7. The highest BCUT2D eigenvalue weighted by Gasteiger charge is 2.22. The van der Waals surface area contributed by atoms with Gasteiger partial charge < -0.3 is 13.4 Å². The average molecular weight is 552 g/mol. The summed E-state index contributed by atoms with van der Waals surface area (Å²) >= 11 is 0. The molecule has 0 unspecified atom stereocenters. The first kappa shape index (κ1) is 23.6. The number of fused-ring (bicyclic) bond motifs is 10. The van der Waals surface area contributed by atoms with Crippen molar-refractivity contribution in [2.45, 2.75) is 12.8 Å². The van der Waals surface area contributed by atoms with Crippen LogP contribution >= 0.6 is 0 Å². The first-order valence-electron chi connectivity index (χ1n) is 14.3. The number of aromatic nitrogens is 1. The quantitative estimate of drug-likeness (QED) is 0.214. The van der Waals surface area contributed by atoms with Gasteiger partial charge in [0, 0.05) is 38.2 Å². The van der Waals surface area contributed by atoms with E-state index in [-0.39, 0.29) is 0 Å². The van der Waals surface area contributed by atoms with E-state index in [9.17, 15) is 10.5 Å². The number of aryl methyl sites for hydroxylation is 1. The Bertz CT molecular complexity index is 2590. The summed E-state index contributed by atoms with van der Waals surface area (Å²) in [5, 5.41) is 24.5. The molecule has 0 bridgehead atoms. The van der Waals surface area contributed by atoms with E-state index in [1.54, 1.807) is 6.07 Å². The fourth-order valence-corrected chi connectivity index (χ4v) is 6.85. The van der Waals surface area contributed by atoms with Crippen molar-refractivity contribution in [3.63, 3.8) is 0 Å². The number of hydrogen-bond donors (Lipinski definition) is 0. The van der Waals surface area contributed by atoms with E-state index >= 15 is 0 Å². The van der Waals surface area contributed by atoms with Gasteiger partial charge >= 0.3 is 0 Å². The lowest BCUT2D eigenvalue weighted by Crippen LogP contribution is -2.03. The smallest absolute Gasteiger partial charge is 0.136 e. The lowest BCUT2D eigenvalue weighted by molar-refractivity contribution is 0.663. The molecule has 0 N–H and O–H groups in total. The largest absolute Gasteiger partial charge is 0.456 e. The molecule has 0 spiro atoms. The third kappa shape index (κ3) is 3.31. The number of para-hydroxylation sites is 1. The van der Waals surface area contributed by atoms with Crippen molar-refractivity contribution >= 4 is 60.9 Å². The first-order chi connectivity index (χ1) is 21.2. The predicted molar refractivity (Wildman–Crippen MR) is 170 cm³/mol. The highest BCUT2D eigenvalue weighted by Crippen LogP contribution is 2.43. The minimum atomic E-state index is 0.583. The van der Waals surface area contributed by atoms with E-state index in [0.717, 1.165) is 79.0 Å². The summed E-state index contributed by atoms with van der Waals surface area (Å²) in [5.74, 6) is 0. The van der Waals surface area contributed by atoms with Crippen LogP contribution in [0.25, 0.3) is 77.7 Å². The van der Waals surface area contributed by atoms with Crippen molar-refractivity contribution in [3.8, 4) is 29.0 Å². The highest BCUT2D eigenvalue weighted by atomic mass is 16.3. The van der Waals surface area contributed by atoms with Crippen molar-refractivity contribution in [1.82, 2.24) is 4.57 Å². The second-order valence-corrected chi connectivity index (χ2v) is 11.1. The topological polar surface area (TPSA) is 78.8 Å². The zero-order valence-electron chi connectivity index (χ0n) is 22.9. The third-order valence-corrected chi connectivity index (χ3v) is 8.73. The summed E-state index contributed by atoms with van der Waals surface area (Å²) < 4.78 is 14.8. The van der Waals surface area contributed by atoms with Crippen molar-refractivity contribution in [1.29, 1.82) is 10.5 Å². The van der Waals surface area contributed by atoms with Gasteiger partial charge in [0.15, 0.2) is 0 Å². The van der Waals surface area contributed by atoms with E-state index in [1.807, 2.05) is 48.5 Å². The number of rotatable bonds is 2. The van der Waals surface area contributed by atoms with Crippen LogP contribution in [-0.4, -0.2) is 4.57 Å². The van der Waals surface area contributed by atoms with Crippen LogP contribution in [0.3, 0.4) is 0 Å². The lowest BCUT2D eigenvalue weighted by atomic mass is 9.97. The Hall–Kier alpha value is -6.04. The molecule has 3 aromatic heterocycles. The number of nitrogens with zero attached hydrogens (tertiary/aromatic N) is 3. The van der Waals surface area contributed by atoms with Gasteiger partial charge in [-0.1, -0.05) is 36.4 Å². The minimum absolute atomic E-state index is 0.583. The molecule has 0 radical (unpaired) electrons. The van der Waals surface area contributed by atoms with Crippen LogP contribution < -0.4 is 0 Å². The Kier molecular flexibility index (Phi) is 4.80. The zero-order valence-corrected chi connectivity index (χ0v) is 22.9. The Balaban J connectivity index is 1.36. The maximum Gasteiger partial charge on any atom is 0.136 e. The first-order valence-corrected chi connectivity index (χ1v) is 14.3. The highest BCUT2D eigenvalue weighted by molar-refractivity contribution is 6.26. The van der Waals surface area contributed by atoms with E-state index in [1.165, 1.54) is 16.6 Å². The van der Waals surface area contributed by atoms with Crippen molar-refractivity contribution in [2.75, 3.05) is 0 Å². The van der Waals surface area contributed by atoms with Crippen molar-refractivity contribution in [3.05, 3.63) is 119 Å². The summed E-state index contributed by atoms with van der Waals surface area (Å²) in [6.45, 7) is 0. The molecule has 1 aliphatic carbocycles. The van der Waals surface area contributed by atoms with Gasteiger partial charge in [-0.3, -0.25) is 0 Å². The van der Waals surface area contributed by atoms with Crippen LogP contribution in [0, 0.1) is 22.7 Å². The standard InChI is InChI=1S/C38H21N3O2/c39-20-22-10-13-33-28(17-22)37-35(42-33)15-16-36-38(37)29-19-24(11-14-34(29)43-36)25-12-9-23(21-40)18-32(25)41-30-7-3-1-5-26(30)27-6-2-4-8-31(27)41/h1,3-5,7-19H,2,6H2. The molecule has 0 amide bonds. The van der Waals surface area contributed by atoms with Gasteiger partial charge in [0.25, 0.3) is 0 Å². The van der Waals surface area contributed by atoms with Gasteiger partial charge in [-0.2, -0.15) is 10.5 Å². The molecular formula is C38H21N3O2. The molecule has 5 heteroatoms. The number of nitriles is 2. The number of furan rings is 2. The molecule has 0 atom stereocenters. The van der Waals surface area contributed by atoms with Crippen LogP contribution in [0.2, 0.25) is 0 Å². The molecule has 9 rings (SSSR count). The van der Waals surface area contributed by atoms with E-state index < -0.39 is 0 Å². The van der Waals surface area contributed by atoms with Gasteiger partial charge in [0.2, 0.25) is 0 Å². The molecule has 3 heterocycles. The Labute approximate surface area is 245 Å². The summed E-state index contributed by atoms with van der Waals surface area (Å²) in [4.78, 5) is 0. The molecule has 43 heavy (non-hydrogen) atoms. The van der Waals surface area contributed by atoms with Gasteiger partial charge in [-0.05, 0) is 90.7 Å². The Morgan fingerprint density at radius 1 is 0.651 bits per heavy atom. The van der Waals surface area contributed by atoms with Crippen LogP contribution in [0.15, 0.2) is 106 Å². The molecule has 0 saturated carbocycles. The fraction of sp³-hybridized carbons (Fsp3) is 0.0526. The van der Waals surface area contributed by atoms with Gasteiger partial charge in [-0.15, -0.1) is 0 Å². The summed E-state index contributed by atoms with van der Waals surface area (Å²) in [5.41, 5.74) is 10.9. The summed E-state index contributed by atoms with van der Waals surface area (Å²) in [7, 11) is 0. The van der Waals surface area contributed by atoms with E-state index in [4.69, 9.17) is 8.83 Å². The van der Waals surface area contributed by atoms with Crippen LogP contribution in [-0.2, 0) is 6.42 Å². The SMILES string of the molecule is N#Cc1ccc(-c2ccc3oc4ccc5oc6ccc(C#N)cc6c5c4c3c2)c(-n2c3c(c4ccccc42)CCC=C3)c1. The molecule has 0 fully saturated rings. The van der Waals surface area contributed by atoms with E-state index in [2.05, 4.69) is 65.3 Å². The Morgan fingerprint density at radius 2 is 1.33 bits per heavy atom. The number of hydrogen-bond acceptors (Lipinski definition) is 4. The molecule has 5 aromatic carbocycles. The molecule has 1 aliphatic rings. The molecule has 8 aromatic rings. The maximum atomic E-state index is 9.89. The second-order valence-electron chi connectivity index (χ2n) is 11.1. The molecule has 0 aliphatic heterocycles. The number of benzene rings is 5. The van der Waals surface area contributed by atoms with Gasteiger partial charge in [0.1, 0.15) is 22.3 Å². The van der Waals surface area contributed by atoms with Gasteiger partial charge in [-0.25, -0.2) is 0 Å². The monoisotopic (exact) mass is 551 g/mol. The molecule has 0 saturated heterocycles. The summed E-state index contributed by atoms with van der Waals surface area (Å²) in [6.07, 6.45) is 6.45. The fourth-order valence-electron chi connectivity index (χ4n) is 6.85. The van der Waals surface area contributed by atoms with Crippen molar-refractivity contribution < 1.29 is 8.83 Å². The molecular weight excluding hydrogens is 530 g/mol. The van der Waals surface area contributed by atoms with Gasteiger partial charge in [0.05, 0.1) is 34.5 Å².